The second-order valence-electron chi connectivity index (χ2n) is 12.3. The molecule has 10 rings (SSSR count). The molecule has 1 aliphatic carbocycles. The van der Waals surface area contributed by atoms with Gasteiger partial charge in [0.2, 0.25) is 5.95 Å². The highest BCUT2D eigenvalue weighted by molar-refractivity contribution is 7.27. The van der Waals surface area contributed by atoms with E-state index in [1.807, 2.05) is 47.7 Å². The van der Waals surface area contributed by atoms with Crippen molar-refractivity contribution in [3.05, 3.63) is 156 Å². The lowest BCUT2D eigenvalue weighted by atomic mass is 9.90. The van der Waals surface area contributed by atoms with E-state index in [0.717, 1.165) is 24.0 Å². The van der Waals surface area contributed by atoms with Gasteiger partial charge in [-0.05, 0) is 46.9 Å². The third-order valence-electron chi connectivity index (χ3n) is 9.57. The summed E-state index contributed by atoms with van der Waals surface area (Å²) in [6.07, 6.45) is 4.23. The first kappa shape index (κ1) is 27.2. The number of rotatable bonds is 4. The fourth-order valence-electron chi connectivity index (χ4n) is 7.42. The Hall–Kier alpha value is -5.91. The van der Waals surface area contributed by atoms with Crippen molar-refractivity contribution in [2.75, 3.05) is 0 Å². The molecule has 0 unspecified atom stereocenters. The van der Waals surface area contributed by atoms with Gasteiger partial charge in [0.25, 0.3) is 0 Å². The van der Waals surface area contributed by atoms with E-state index >= 15 is 0 Å². The first-order valence-electron chi connectivity index (χ1n) is 16.3. The van der Waals surface area contributed by atoms with Gasteiger partial charge in [0.05, 0.1) is 10.2 Å². The molecule has 0 fully saturated rings. The van der Waals surface area contributed by atoms with Crippen LogP contribution < -0.4 is 0 Å². The molecule has 0 aliphatic heterocycles. The number of aromatic nitrogens is 4. The van der Waals surface area contributed by atoms with Crippen LogP contribution in [-0.4, -0.2) is 19.5 Å². The first-order chi connectivity index (χ1) is 23.8. The zero-order valence-electron chi connectivity index (χ0n) is 26.0. The molecule has 226 valence electrons. The molecule has 5 heteroatoms. The van der Waals surface area contributed by atoms with Gasteiger partial charge in [-0.25, -0.2) is 4.98 Å². The average molecular weight is 633 g/mol. The van der Waals surface area contributed by atoms with Crippen LogP contribution >= 0.6 is 11.3 Å². The minimum Gasteiger partial charge on any atom is -0.280 e. The third kappa shape index (κ3) is 4.18. The van der Waals surface area contributed by atoms with Gasteiger partial charge in [-0.15, -0.1) is 11.3 Å². The van der Waals surface area contributed by atoms with Crippen LogP contribution in [-0.2, 0) is 6.42 Å². The van der Waals surface area contributed by atoms with Crippen molar-refractivity contribution < 1.29 is 0 Å². The SMILES string of the molecule is C1=C(c2ccccc2)CCc2c1c1c3ccccc3c3c4ccccc4sc3c1n2-c1nc(-c2ccccc2)nc(-c2ccccc2)n1. The largest absolute Gasteiger partial charge is 0.280 e. The van der Waals surface area contributed by atoms with Crippen molar-refractivity contribution in [2.45, 2.75) is 12.8 Å². The monoisotopic (exact) mass is 632 g/mol. The lowest BCUT2D eigenvalue weighted by Crippen LogP contribution is -2.11. The van der Waals surface area contributed by atoms with E-state index in [-0.39, 0.29) is 0 Å². The molecular formula is C43H28N4S. The van der Waals surface area contributed by atoms with Crippen LogP contribution in [0.4, 0.5) is 0 Å². The fourth-order valence-corrected chi connectivity index (χ4v) is 8.68. The topological polar surface area (TPSA) is 43.6 Å². The maximum atomic E-state index is 5.27. The minimum atomic E-state index is 0.652. The first-order valence-corrected chi connectivity index (χ1v) is 17.2. The molecule has 3 heterocycles. The molecule has 0 spiro atoms. The molecule has 0 bridgehead atoms. The zero-order chi connectivity index (χ0) is 31.6. The molecule has 0 atom stereocenters. The van der Waals surface area contributed by atoms with E-state index in [0.29, 0.717) is 17.6 Å². The molecular weight excluding hydrogens is 605 g/mol. The summed E-state index contributed by atoms with van der Waals surface area (Å²) in [6.45, 7) is 0. The number of hydrogen-bond donors (Lipinski definition) is 0. The van der Waals surface area contributed by atoms with Gasteiger partial charge in [-0.1, -0.05) is 133 Å². The van der Waals surface area contributed by atoms with Crippen LogP contribution in [0.25, 0.3) is 82.2 Å². The summed E-state index contributed by atoms with van der Waals surface area (Å²) in [5.41, 5.74) is 8.23. The lowest BCUT2D eigenvalue weighted by Gasteiger charge is -2.17. The van der Waals surface area contributed by atoms with Crippen LogP contribution in [0.15, 0.2) is 140 Å². The van der Waals surface area contributed by atoms with E-state index in [1.54, 1.807) is 0 Å². The second kappa shape index (κ2) is 10.8. The second-order valence-corrected chi connectivity index (χ2v) is 13.4. The Morgan fingerprint density at radius 1 is 0.500 bits per heavy atom. The molecule has 4 nitrogen and oxygen atoms in total. The molecule has 6 aromatic carbocycles. The van der Waals surface area contributed by atoms with Crippen molar-refractivity contribution in [3.8, 4) is 28.7 Å². The van der Waals surface area contributed by atoms with Crippen LogP contribution in [0.5, 0.6) is 0 Å². The standard InChI is InChI=1S/C43H28N4S/c1-4-14-27(15-5-1)30-24-25-35-34(26-30)37-31-20-10-11-21-32(31)38-33-22-12-13-23-36(33)48-40(38)39(37)47(35)43-45-41(28-16-6-2-7-17-28)44-42(46-43)29-18-8-3-9-19-29/h1-23,26H,24-25H2. The lowest BCUT2D eigenvalue weighted by molar-refractivity contribution is 0.845. The summed E-state index contributed by atoms with van der Waals surface area (Å²) >= 11 is 1.86. The molecule has 0 radical (unpaired) electrons. The molecule has 0 N–H and O–H groups in total. The average Bonchev–Trinajstić information content (AvgIpc) is 3.72. The van der Waals surface area contributed by atoms with Gasteiger partial charge in [-0.3, -0.25) is 4.57 Å². The van der Waals surface area contributed by atoms with E-state index in [4.69, 9.17) is 15.0 Å². The van der Waals surface area contributed by atoms with Gasteiger partial charge in [0.15, 0.2) is 11.6 Å². The molecule has 1 aliphatic rings. The zero-order valence-corrected chi connectivity index (χ0v) is 26.8. The highest BCUT2D eigenvalue weighted by Gasteiger charge is 2.28. The summed E-state index contributed by atoms with van der Waals surface area (Å²) in [5.74, 6) is 1.99. The van der Waals surface area contributed by atoms with Crippen LogP contribution in [0.2, 0.25) is 0 Å². The summed E-state index contributed by atoms with van der Waals surface area (Å²) in [6, 6.07) is 49.0. The Labute approximate surface area is 281 Å². The molecule has 0 saturated carbocycles. The normalized spacial score (nSPS) is 13.0. The Balaban J connectivity index is 1.38. The van der Waals surface area contributed by atoms with Crippen molar-refractivity contribution >= 4 is 64.8 Å². The van der Waals surface area contributed by atoms with E-state index in [2.05, 4.69) is 114 Å². The van der Waals surface area contributed by atoms with Crippen molar-refractivity contribution in [3.63, 3.8) is 0 Å². The Morgan fingerprint density at radius 2 is 1.04 bits per heavy atom. The molecule has 48 heavy (non-hydrogen) atoms. The molecule has 0 saturated heterocycles. The van der Waals surface area contributed by atoms with E-state index in [9.17, 15) is 0 Å². The maximum Gasteiger partial charge on any atom is 0.238 e. The Bertz CT molecular complexity index is 2650. The van der Waals surface area contributed by atoms with Gasteiger partial charge < -0.3 is 0 Å². The summed E-state index contributed by atoms with van der Waals surface area (Å²) in [4.78, 5) is 15.6. The summed E-state index contributed by atoms with van der Waals surface area (Å²) < 4.78 is 4.91. The fraction of sp³-hybridized carbons (Fsp3) is 0.0465. The molecule has 0 amide bonds. The number of benzene rings is 6. The summed E-state index contributed by atoms with van der Waals surface area (Å²) in [5, 5.41) is 6.37. The number of allylic oxidation sites excluding steroid dienone is 1. The number of nitrogens with zero attached hydrogens (tertiary/aromatic N) is 4. The molecule has 9 aromatic rings. The maximum absolute atomic E-state index is 5.27. The van der Waals surface area contributed by atoms with Crippen molar-refractivity contribution in [1.82, 2.24) is 19.5 Å². The number of hydrogen-bond acceptors (Lipinski definition) is 4. The number of thiophene rings is 1. The highest BCUT2D eigenvalue weighted by atomic mass is 32.1. The third-order valence-corrected chi connectivity index (χ3v) is 10.7. The van der Waals surface area contributed by atoms with Crippen molar-refractivity contribution in [2.24, 2.45) is 0 Å². The van der Waals surface area contributed by atoms with Crippen LogP contribution in [0.3, 0.4) is 0 Å². The van der Waals surface area contributed by atoms with Gasteiger partial charge in [0, 0.05) is 43.2 Å². The van der Waals surface area contributed by atoms with Gasteiger partial charge >= 0.3 is 0 Å². The predicted octanol–water partition coefficient (Wildman–Crippen LogP) is 11.2. The van der Waals surface area contributed by atoms with Gasteiger partial charge in [0.1, 0.15) is 0 Å². The quantitative estimate of drug-likeness (QED) is 0.194. The smallest absolute Gasteiger partial charge is 0.238 e. The van der Waals surface area contributed by atoms with Crippen LogP contribution in [0.1, 0.15) is 23.2 Å². The van der Waals surface area contributed by atoms with E-state index < -0.39 is 0 Å². The Kier molecular flexibility index (Phi) is 6.14. The predicted molar refractivity (Wildman–Crippen MR) is 201 cm³/mol. The minimum absolute atomic E-state index is 0.652. The van der Waals surface area contributed by atoms with Gasteiger partial charge in [-0.2, -0.15) is 9.97 Å². The summed E-state index contributed by atoms with van der Waals surface area (Å²) in [7, 11) is 0. The van der Waals surface area contributed by atoms with Crippen LogP contribution in [0, 0.1) is 0 Å². The molecule has 3 aromatic heterocycles. The number of fused-ring (bicyclic) bond motifs is 10. The highest BCUT2D eigenvalue weighted by Crippen LogP contribution is 2.49. The van der Waals surface area contributed by atoms with Crippen molar-refractivity contribution in [1.29, 1.82) is 0 Å². The Morgan fingerprint density at radius 3 is 1.69 bits per heavy atom. The van der Waals surface area contributed by atoms with E-state index in [1.165, 1.54) is 64.2 Å².